The molecule has 0 aliphatic heterocycles. The van der Waals surface area contributed by atoms with Gasteiger partial charge in [-0.2, -0.15) is 0 Å². The third kappa shape index (κ3) is 4.84. The molecule has 1 rings (SSSR count). The fourth-order valence-electron chi connectivity index (χ4n) is 1.05. The maximum Gasteiger partial charge on any atom is 0.264 e. The smallest absolute Gasteiger partial charge is 0.264 e. The van der Waals surface area contributed by atoms with Gasteiger partial charge in [0.05, 0.1) is 12.4 Å². The van der Waals surface area contributed by atoms with E-state index in [9.17, 15) is 13.2 Å². The summed E-state index contributed by atoms with van der Waals surface area (Å²) in [6, 6.07) is 6.39. The molecule has 0 atom stereocenters. The van der Waals surface area contributed by atoms with Gasteiger partial charge in [-0.1, -0.05) is 15.9 Å². The number of carbonyl (C=O) groups is 1. The van der Waals surface area contributed by atoms with Crippen molar-refractivity contribution >= 4 is 31.9 Å². The molecule has 1 aromatic carbocycles. The van der Waals surface area contributed by atoms with E-state index in [-0.39, 0.29) is 17.9 Å². The van der Waals surface area contributed by atoms with Crippen molar-refractivity contribution in [2.24, 2.45) is 0 Å². The minimum atomic E-state index is -3.64. The van der Waals surface area contributed by atoms with E-state index >= 15 is 0 Å². The van der Waals surface area contributed by atoms with Gasteiger partial charge >= 0.3 is 0 Å². The molecule has 94 valence electrons. The number of hydrogen-bond acceptors (Lipinski definition) is 4. The Balaban J connectivity index is 2.69. The minimum absolute atomic E-state index is 0.0446. The highest BCUT2D eigenvalue weighted by Crippen LogP contribution is 2.10. The minimum Gasteiger partial charge on any atom is -0.384 e. The molecular formula is C10H12BrNO4S. The highest BCUT2D eigenvalue weighted by atomic mass is 79.9. The zero-order chi connectivity index (χ0) is 12.9. The average Bonchev–Trinajstić information content (AvgIpc) is 2.26. The maximum atomic E-state index is 11.6. The molecule has 0 aliphatic rings. The van der Waals surface area contributed by atoms with Crippen molar-refractivity contribution in [2.45, 2.75) is 0 Å². The molecule has 0 radical (unpaired) electrons. The van der Waals surface area contributed by atoms with Gasteiger partial charge in [0.1, 0.15) is 0 Å². The molecule has 0 aromatic heterocycles. The van der Waals surface area contributed by atoms with Crippen molar-refractivity contribution in [3.05, 3.63) is 34.3 Å². The number of amides is 1. The second-order valence-electron chi connectivity index (χ2n) is 3.25. The third-order valence-electron chi connectivity index (χ3n) is 1.91. The molecule has 0 aliphatic carbocycles. The number of sulfonamides is 1. The first-order chi connectivity index (χ1) is 7.94. The van der Waals surface area contributed by atoms with Crippen LogP contribution in [0.5, 0.6) is 0 Å². The molecule has 17 heavy (non-hydrogen) atoms. The highest BCUT2D eigenvalue weighted by Gasteiger charge is 2.15. The van der Waals surface area contributed by atoms with Gasteiger partial charge in [0.15, 0.2) is 0 Å². The first kappa shape index (κ1) is 14.1. The maximum absolute atomic E-state index is 11.6. The van der Waals surface area contributed by atoms with Crippen molar-refractivity contribution in [1.29, 1.82) is 0 Å². The lowest BCUT2D eigenvalue weighted by atomic mass is 10.2. The van der Waals surface area contributed by atoms with Crippen LogP contribution in [0.4, 0.5) is 0 Å². The summed E-state index contributed by atoms with van der Waals surface area (Å²) in [7, 11) is -2.24. The lowest BCUT2D eigenvalue weighted by Crippen LogP contribution is -2.33. The van der Waals surface area contributed by atoms with Crippen molar-refractivity contribution < 1.29 is 17.9 Å². The Hall–Kier alpha value is -0.920. The molecule has 0 heterocycles. The number of ether oxygens (including phenoxy) is 1. The number of halogens is 1. The summed E-state index contributed by atoms with van der Waals surface area (Å²) in [4.78, 5) is 11.6. The number of benzene rings is 1. The number of carbonyl (C=O) groups excluding carboxylic acids is 1. The van der Waals surface area contributed by atoms with Gasteiger partial charge in [-0.15, -0.1) is 0 Å². The molecular weight excluding hydrogens is 310 g/mol. The highest BCUT2D eigenvalue weighted by molar-refractivity contribution is 9.10. The first-order valence-electron chi connectivity index (χ1n) is 4.74. The Morgan fingerprint density at radius 2 is 1.94 bits per heavy atom. The molecule has 1 aromatic rings. The Morgan fingerprint density at radius 1 is 1.35 bits per heavy atom. The molecule has 0 spiro atoms. The van der Waals surface area contributed by atoms with E-state index in [1.165, 1.54) is 19.2 Å². The lowest BCUT2D eigenvalue weighted by molar-refractivity contribution is 0.0981. The number of rotatable bonds is 5. The molecule has 0 unspecified atom stereocenters. The quantitative estimate of drug-likeness (QED) is 0.883. The zero-order valence-corrected chi connectivity index (χ0v) is 11.5. The fraction of sp³-hybridized carbons (Fsp3) is 0.300. The summed E-state index contributed by atoms with van der Waals surface area (Å²) in [5.41, 5.74) is 0.286. The Bertz CT molecular complexity index is 484. The average molecular weight is 322 g/mol. The lowest BCUT2D eigenvalue weighted by Gasteiger charge is -2.06. The SMILES string of the molecule is COCCS(=O)(=O)NC(=O)c1ccc(Br)cc1. The van der Waals surface area contributed by atoms with Crippen LogP contribution >= 0.6 is 15.9 Å². The summed E-state index contributed by atoms with van der Waals surface area (Å²) in [6.07, 6.45) is 0. The van der Waals surface area contributed by atoms with E-state index in [1.807, 2.05) is 4.72 Å². The predicted molar refractivity (Wildman–Crippen MR) is 67.3 cm³/mol. The van der Waals surface area contributed by atoms with Crippen LogP contribution in [0.2, 0.25) is 0 Å². The van der Waals surface area contributed by atoms with E-state index in [0.717, 1.165) is 4.47 Å². The van der Waals surface area contributed by atoms with E-state index in [4.69, 9.17) is 0 Å². The summed E-state index contributed by atoms with van der Waals surface area (Å²) >= 11 is 3.22. The Labute approximate surface area is 108 Å². The largest absolute Gasteiger partial charge is 0.384 e. The van der Waals surface area contributed by atoms with E-state index < -0.39 is 15.9 Å². The Morgan fingerprint density at radius 3 is 2.47 bits per heavy atom. The molecule has 5 nitrogen and oxygen atoms in total. The fourth-order valence-corrected chi connectivity index (χ4v) is 2.20. The summed E-state index contributed by atoms with van der Waals surface area (Å²) in [6.45, 7) is 0.0446. The number of methoxy groups -OCH3 is 1. The van der Waals surface area contributed by atoms with Crippen LogP contribution in [-0.2, 0) is 14.8 Å². The number of nitrogens with one attached hydrogen (secondary N) is 1. The standard InChI is InChI=1S/C10H12BrNO4S/c1-16-6-7-17(14,15)12-10(13)8-2-4-9(11)5-3-8/h2-5H,6-7H2,1H3,(H,12,13). The van der Waals surface area contributed by atoms with Gasteiger partial charge in [-0.25, -0.2) is 13.1 Å². The van der Waals surface area contributed by atoms with Crippen LogP contribution in [0.3, 0.4) is 0 Å². The molecule has 1 N–H and O–H groups in total. The van der Waals surface area contributed by atoms with Gasteiger partial charge in [0.2, 0.25) is 10.0 Å². The molecule has 0 saturated heterocycles. The second-order valence-corrected chi connectivity index (χ2v) is 6.01. The van der Waals surface area contributed by atoms with Crippen LogP contribution < -0.4 is 4.72 Å². The van der Waals surface area contributed by atoms with Gasteiger partial charge in [0.25, 0.3) is 5.91 Å². The summed E-state index contributed by atoms with van der Waals surface area (Å²) < 4.78 is 30.3. The van der Waals surface area contributed by atoms with Crippen LogP contribution in [0.1, 0.15) is 10.4 Å². The van der Waals surface area contributed by atoms with Crippen molar-refractivity contribution in [3.8, 4) is 0 Å². The summed E-state index contributed by atoms with van der Waals surface area (Å²) in [5.74, 6) is -0.889. The number of hydrogen-bond donors (Lipinski definition) is 1. The van der Waals surface area contributed by atoms with Crippen LogP contribution in [-0.4, -0.2) is 33.8 Å². The summed E-state index contributed by atoms with van der Waals surface area (Å²) in [5, 5.41) is 0. The van der Waals surface area contributed by atoms with E-state index in [2.05, 4.69) is 20.7 Å². The Kier molecular flexibility index (Phi) is 5.10. The van der Waals surface area contributed by atoms with Crippen LogP contribution in [0, 0.1) is 0 Å². The van der Waals surface area contributed by atoms with Crippen molar-refractivity contribution in [1.82, 2.24) is 4.72 Å². The monoisotopic (exact) mass is 321 g/mol. The second kappa shape index (κ2) is 6.13. The van der Waals surface area contributed by atoms with Gasteiger partial charge in [-0.3, -0.25) is 4.79 Å². The topological polar surface area (TPSA) is 72.5 Å². The van der Waals surface area contributed by atoms with Gasteiger partial charge < -0.3 is 4.74 Å². The normalized spacial score (nSPS) is 11.2. The van der Waals surface area contributed by atoms with E-state index in [0.29, 0.717) is 0 Å². The molecule has 7 heteroatoms. The molecule has 0 saturated carbocycles. The predicted octanol–water partition coefficient (Wildman–Crippen LogP) is 1.16. The zero-order valence-electron chi connectivity index (χ0n) is 9.14. The molecule has 1 amide bonds. The third-order valence-corrected chi connectivity index (χ3v) is 3.64. The van der Waals surface area contributed by atoms with Gasteiger partial charge in [-0.05, 0) is 24.3 Å². The van der Waals surface area contributed by atoms with Crippen LogP contribution in [0.25, 0.3) is 0 Å². The van der Waals surface area contributed by atoms with Crippen molar-refractivity contribution in [2.75, 3.05) is 19.5 Å². The van der Waals surface area contributed by atoms with Crippen LogP contribution in [0.15, 0.2) is 28.7 Å². The van der Waals surface area contributed by atoms with Gasteiger partial charge in [0, 0.05) is 17.1 Å². The first-order valence-corrected chi connectivity index (χ1v) is 7.18. The molecule has 0 fully saturated rings. The van der Waals surface area contributed by atoms with E-state index in [1.54, 1.807) is 12.1 Å². The molecule has 0 bridgehead atoms. The van der Waals surface area contributed by atoms with Crippen molar-refractivity contribution in [3.63, 3.8) is 0 Å².